The highest BCUT2D eigenvalue weighted by molar-refractivity contribution is 14.1. The standard InChI is InChI=1S/C9H8ClIN4/c1-5-8(10)13-6(2)14-9(5)15-4-7(11)3-12-15/h3-4H,1-2H3. The van der Waals surface area contributed by atoms with E-state index in [2.05, 4.69) is 37.7 Å². The topological polar surface area (TPSA) is 43.6 Å². The van der Waals surface area contributed by atoms with Gasteiger partial charge >= 0.3 is 0 Å². The Labute approximate surface area is 106 Å². The Morgan fingerprint density at radius 2 is 2.07 bits per heavy atom. The van der Waals surface area contributed by atoms with E-state index in [0.717, 1.165) is 15.0 Å². The van der Waals surface area contributed by atoms with Crippen LogP contribution in [0.2, 0.25) is 5.15 Å². The summed E-state index contributed by atoms with van der Waals surface area (Å²) in [6, 6.07) is 0. The SMILES string of the molecule is Cc1nc(Cl)c(C)c(-n2cc(I)cn2)n1. The first-order valence-corrected chi connectivity index (χ1v) is 5.75. The summed E-state index contributed by atoms with van der Waals surface area (Å²) in [5.74, 6) is 1.38. The van der Waals surface area contributed by atoms with E-state index < -0.39 is 0 Å². The summed E-state index contributed by atoms with van der Waals surface area (Å²) in [6.45, 7) is 3.69. The van der Waals surface area contributed by atoms with Crippen molar-refractivity contribution in [1.82, 2.24) is 19.7 Å². The Hall–Kier alpha value is -0.690. The molecule has 0 bridgehead atoms. The molecule has 4 nitrogen and oxygen atoms in total. The van der Waals surface area contributed by atoms with Gasteiger partial charge in [0.2, 0.25) is 0 Å². The normalized spacial score (nSPS) is 10.7. The molecule has 0 unspecified atom stereocenters. The monoisotopic (exact) mass is 334 g/mol. The molecule has 0 aromatic carbocycles. The number of hydrogen-bond donors (Lipinski definition) is 0. The molecule has 0 aliphatic heterocycles. The zero-order valence-electron chi connectivity index (χ0n) is 8.20. The van der Waals surface area contributed by atoms with Crippen LogP contribution in [-0.4, -0.2) is 19.7 Å². The minimum atomic E-state index is 0.475. The third-order valence-corrected chi connectivity index (χ3v) is 2.87. The highest BCUT2D eigenvalue weighted by Crippen LogP contribution is 2.18. The second kappa shape index (κ2) is 4.05. The Kier molecular flexibility index (Phi) is 2.92. The van der Waals surface area contributed by atoms with Gasteiger partial charge < -0.3 is 0 Å². The summed E-state index contributed by atoms with van der Waals surface area (Å²) in [4.78, 5) is 8.40. The van der Waals surface area contributed by atoms with Crippen LogP contribution < -0.4 is 0 Å². The van der Waals surface area contributed by atoms with Gasteiger partial charge in [-0.1, -0.05) is 11.6 Å². The molecule has 0 fully saturated rings. The number of nitrogens with zero attached hydrogens (tertiary/aromatic N) is 4. The molecule has 78 valence electrons. The number of aryl methyl sites for hydroxylation is 1. The average molecular weight is 335 g/mol. The lowest BCUT2D eigenvalue weighted by Gasteiger charge is -2.06. The largest absolute Gasteiger partial charge is 0.221 e. The fraction of sp³-hybridized carbons (Fsp3) is 0.222. The van der Waals surface area contributed by atoms with Crippen LogP contribution in [0, 0.1) is 17.4 Å². The van der Waals surface area contributed by atoms with Crippen LogP contribution in [0.5, 0.6) is 0 Å². The molecular formula is C9H8ClIN4. The van der Waals surface area contributed by atoms with Crippen molar-refractivity contribution in [1.29, 1.82) is 0 Å². The van der Waals surface area contributed by atoms with Gasteiger partial charge in [0.1, 0.15) is 11.0 Å². The van der Waals surface area contributed by atoms with Crippen molar-refractivity contribution in [2.24, 2.45) is 0 Å². The van der Waals surface area contributed by atoms with Gasteiger partial charge in [0.05, 0.1) is 9.77 Å². The second-order valence-electron chi connectivity index (χ2n) is 3.11. The molecule has 0 atom stereocenters. The third kappa shape index (κ3) is 2.12. The van der Waals surface area contributed by atoms with Crippen LogP contribution in [0.25, 0.3) is 5.82 Å². The van der Waals surface area contributed by atoms with E-state index in [0.29, 0.717) is 11.0 Å². The highest BCUT2D eigenvalue weighted by atomic mass is 127. The van der Waals surface area contributed by atoms with Crippen LogP contribution >= 0.6 is 34.2 Å². The number of halogens is 2. The van der Waals surface area contributed by atoms with Crippen LogP contribution in [0.3, 0.4) is 0 Å². The van der Waals surface area contributed by atoms with Gasteiger partial charge in [-0.25, -0.2) is 14.6 Å². The predicted octanol–water partition coefficient (Wildman–Crippen LogP) is 2.54. The van der Waals surface area contributed by atoms with E-state index in [4.69, 9.17) is 11.6 Å². The van der Waals surface area contributed by atoms with Crippen molar-refractivity contribution in [3.8, 4) is 5.82 Å². The van der Waals surface area contributed by atoms with Gasteiger partial charge in [-0.3, -0.25) is 0 Å². The van der Waals surface area contributed by atoms with Crippen LogP contribution in [0.1, 0.15) is 11.4 Å². The minimum absolute atomic E-state index is 0.475. The van der Waals surface area contributed by atoms with E-state index in [-0.39, 0.29) is 0 Å². The highest BCUT2D eigenvalue weighted by Gasteiger charge is 2.09. The Balaban J connectivity index is 2.62. The second-order valence-corrected chi connectivity index (χ2v) is 4.72. The van der Waals surface area contributed by atoms with Crippen molar-refractivity contribution >= 4 is 34.2 Å². The summed E-state index contributed by atoms with van der Waals surface area (Å²) in [6.07, 6.45) is 3.66. The van der Waals surface area contributed by atoms with Crippen LogP contribution in [-0.2, 0) is 0 Å². The molecular weight excluding hydrogens is 326 g/mol. The third-order valence-electron chi connectivity index (χ3n) is 1.94. The predicted molar refractivity (Wildman–Crippen MR) is 66.4 cm³/mol. The van der Waals surface area contributed by atoms with Gasteiger partial charge in [-0.2, -0.15) is 5.10 Å². The smallest absolute Gasteiger partial charge is 0.161 e. The van der Waals surface area contributed by atoms with E-state index in [1.165, 1.54) is 0 Å². The molecule has 0 saturated carbocycles. The first kappa shape index (κ1) is 10.8. The first-order chi connectivity index (χ1) is 7.08. The van der Waals surface area contributed by atoms with Crippen molar-refractivity contribution in [2.45, 2.75) is 13.8 Å². The Bertz CT molecular complexity index is 509. The zero-order chi connectivity index (χ0) is 11.0. The molecule has 0 N–H and O–H groups in total. The number of hydrogen-bond acceptors (Lipinski definition) is 3. The molecule has 2 aromatic rings. The lowest BCUT2D eigenvalue weighted by molar-refractivity contribution is 0.817. The fourth-order valence-electron chi connectivity index (χ4n) is 1.22. The van der Waals surface area contributed by atoms with Gasteiger partial charge in [-0.15, -0.1) is 0 Å². The lowest BCUT2D eigenvalue weighted by Crippen LogP contribution is -2.04. The molecule has 2 rings (SSSR count). The maximum atomic E-state index is 5.98. The summed E-state index contributed by atoms with van der Waals surface area (Å²) >= 11 is 8.18. The molecule has 0 saturated heterocycles. The van der Waals surface area contributed by atoms with Crippen LogP contribution in [0.4, 0.5) is 0 Å². The number of rotatable bonds is 1. The summed E-state index contributed by atoms with van der Waals surface area (Å²) < 4.78 is 2.76. The molecule has 2 aromatic heterocycles. The molecule has 0 radical (unpaired) electrons. The van der Waals surface area contributed by atoms with Gasteiger partial charge in [0.15, 0.2) is 5.82 Å². The summed E-state index contributed by atoms with van der Waals surface area (Å²) in [7, 11) is 0. The molecule has 6 heteroatoms. The quantitative estimate of drug-likeness (QED) is 0.594. The molecule has 15 heavy (non-hydrogen) atoms. The van der Waals surface area contributed by atoms with Gasteiger partial charge in [0.25, 0.3) is 0 Å². The zero-order valence-corrected chi connectivity index (χ0v) is 11.1. The lowest BCUT2D eigenvalue weighted by atomic mass is 10.3. The van der Waals surface area contributed by atoms with E-state index in [9.17, 15) is 0 Å². The molecule has 0 spiro atoms. The van der Waals surface area contributed by atoms with Gasteiger partial charge in [-0.05, 0) is 36.4 Å². The summed E-state index contributed by atoms with van der Waals surface area (Å²) in [5, 5.41) is 4.66. The molecule has 0 aliphatic carbocycles. The van der Waals surface area contributed by atoms with Crippen molar-refractivity contribution in [3.05, 3.63) is 32.5 Å². The van der Waals surface area contributed by atoms with Crippen molar-refractivity contribution < 1.29 is 0 Å². The van der Waals surface area contributed by atoms with E-state index >= 15 is 0 Å². The maximum absolute atomic E-state index is 5.98. The summed E-state index contributed by atoms with van der Waals surface area (Å²) in [5.41, 5.74) is 0.835. The van der Waals surface area contributed by atoms with Crippen LogP contribution in [0.15, 0.2) is 12.4 Å². The minimum Gasteiger partial charge on any atom is -0.221 e. The van der Waals surface area contributed by atoms with E-state index in [1.54, 1.807) is 10.9 Å². The fourth-order valence-corrected chi connectivity index (χ4v) is 1.82. The average Bonchev–Trinajstić information content (AvgIpc) is 2.58. The molecule has 0 aliphatic rings. The van der Waals surface area contributed by atoms with Crippen molar-refractivity contribution in [2.75, 3.05) is 0 Å². The Morgan fingerprint density at radius 1 is 1.33 bits per heavy atom. The van der Waals surface area contributed by atoms with Crippen molar-refractivity contribution in [3.63, 3.8) is 0 Å². The Morgan fingerprint density at radius 3 is 2.67 bits per heavy atom. The van der Waals surface area contributed by atoms with Gasteiger partial charge in [0, 0.05) is 11.8 Å². The van der Waals surface area contributed by atoms with E-state index in [1.807, 2.05) is 20.0 Å². The number of aromatic nitrogens is 4. The molecule has 0 amide bonds. The first-order valence-electron chi connectivity index (χ1n) is 4.29. The molecule has 2 heterocycles. The maximum Gasteiger partial charge on any atom is 0.161 e.